The van der Waals surface area contributed by atoms with Crippen LogP contribution in [0.25, 0.3) is 0 Å². The molecule has 0 saturated carbocycles. The zero-order valence-electron chi connectivity index (χ0n) is 9.89. The topological polar surface area (TPSA) is 17.1 Å². The van der Waals surface area contributed by atoms with E-state index in [4.69, 9.17) is 0 Å². The van der Waals surface area contributed by atoms with Crippen molar-refractivity contribution in [1.82, 2.24) is 0 Å². The molecule has 0 heterocycles. The van der Waals surface area contributed by atoms with Crippen LogP contribution in [-0.4, -0.2) is 10.6 Å². The Morgan fingerprint density at radius 2 is 1.58 bits per heavy atom. The zero-order chi connectivity index (χ0) is 13.8. The van der Waals surface area contributed by atoms with Crippen molar-refractivity contribution in [3.05, 3.63) is 70.2 Å². The Balaban J connectivity index is 2.17. The van der Waals surface area contributed by atoms with Crippen LogP contribution in [0, 0.1) is 0 Å². The normalized spacial score (nSPS) is 13.8. The van der Waals surface area contributed by atoms with Gasteiger partial charge < -0.3 is 0 Å². The lowest BCUT2D eigenvalue weighted by Gasteiger charge is -2.14. The maximum absolute atomic E-state index is 14.3. The third-order valence-corrected chi connectivity index (χ3v) is 4.16. The minimum Gasteiger partial charge on any atom is -0.293 e. The van der Waals surface area contributed by atoms with Crippen molar-refractivity contribution in [2.45, 2.75) is 11.0 Å². The number of benzene rings is 2. The number of rotatable bonds is 4. The molecule has 98 valence electrons. The van der Waals surface area contributed by atoms with E-state index in [9.17, 15) is 9.18 Å². The van der Waals surface area contributed by atoms with Crippen LogP contribution in [0.2, 0.25) is 0 Å². The van der Waals surface area contributed by atoms with Gasteiger partial charge in [-0.3, -0.25) is 4.79 Å². The first-order valence-corrected chi connectivity index (χ1v) is 7.43. The van der Waals surface area contributed by atoms with E-state index in [2.05, 4.69) is 31.9 Å². The number of carbonyl (C=O) groups excluding carboxylic acids is 1. The van der Waals surface area contributed by atoms with Crippen LogP contribution < -0.4 is 0 Å². The summed E-state index contributed by atoms with van der Waals surface area (Å²) in [6, 6.07) is 15.6. The summed E-state index contributed by atoms with van der Waals surface area (Å²) in [5.74, 6) is -0.260. The standard InChI is InChI=1S/C15H11Br2FO/c16-12-8-6-11(7-9-12)15(19)13(17)14(18)10-4-2-1-3-5-10/h1-9,13-14H. The number of carbonyl (C=O) groups is 1. The highest BCUT2D eigenvalue weighted by Crippen LogP contribution is 2.29. The molecule has 2 rings (SSSR count). The molecule has 0 aliphatic rings. The van der Waals surface area contributed by atoms with Crippen molar-refractivity contribution in [2.24, 2.45) is 0 Å². The summed E-state index contributed by atoms with van der Waals surface area (Å²) in [5.41, 5.74) is 0.985. The molecule has 2 atom stereocenters. The number of Topliss-reactive ketones (excluding diaryl/α,β-unsaturated/α-hetero) is 1. The van der Waals surface area contributed by atoms with Gasteiger partial charge in [-0.25, -0.2) is 4.39 Å². The second-order valence-corrected chi connectivity index (χ2v) is 5.99. The first kappa shape index (κ1) is 14.4. The van der Waals surface area contributed by atoms with Gasteiger partial charge in [-0.15, -0.1) is 0 Å². The molecule has 0 aliphatic carbocycles. The van der Waals surface area contributed by atoms with E-state index in [0.29, 0.717) is 11.1 Å². The molecule has 0 aliphatic heterocycles. The summed E-state index contributed by atoms with van der Waals surface area (Å²) in [4.78, 5) is 11.3. The summed E-state index contributed by atoms with van der Waals surface area (Å²) in [6.45, 7) is 0. The highest BCUT2D eigenvalue weighted by molar-refractivity contribution is 9.10. The summed E-state index contributed by atoms with van der Waals surface area (Å²) in [5, 5.41) is 0. The minimum absolute atomic E-state index is 0.260. The molecule has 0 N–H and O–H groups in total. The van der Waals surface area contributed by atoms with E-state index >= 15 is 0 Å². The molecule has 1 nitrogen and oxygen atoms in total. The van der Waals surface area contributed by atoms with Gasteiger partial charge >= 0.3 is 0 Å². The molecule has 0 amide bonds. The van der Waals surface area contributed by atoms with Crippen molar-refractivity contribution in [2.75, 3.05) is 0 Å². The molecule has 2 aromatic rings. The van der Waals surface area contributed by atoms with Crippen LogP contribution >= 0.6 is 31.9 Å². The SMILES string of the molecule is O=C(c1ccc(Br)cc1)C(Br)C(F)c1ccccc1. The monoisotopic (exact) mass is 384 g/mol. The van der Waals surface area contributed by atoms with Crippen molar-refractivity contribution >= 4 is 37.6 Å². The van der Waals surface area contributed by atoms with Crippen LogP contribution in [0.3, 0.4) is 0 Å². The molecular formula is C15H11Br2FO. The Bertz CT molecular complexity index is 554. The molecule has 0 fully saturated rings. The molecule has 0 saturated heterocycles. The lowest BCUT2D eigenvalue weighted by Crippen LogP contribution is -2.20. The third-order valence-electron chi connectivity index (χ3n) is 2.75. The molecular weight excluding hydrogens is 375 g/mol. The van der Waals surface area contributed by atoms with E-state index in [1.807, 2.05) is 6.07 Å². The maximum atomic E-state index is 14.3. The highest BCUT2D eigenvalue weighted by Gasteiger charge is 2.27. The lowest BCUT2D eigenvalue weighted by atomic mass is 10.0. The molecule has 2 aromatic carbocycles. The first-order valence-electron chi connectivity index (χ1n) is 5.72. The first-order chi connectivity index (χ1) is 9.09. The number of alkyl halides is 2. The van der Waals surface area contributed by atoms with Gasteiger partial charge in [0.05, 0.1) is 0 Å². The summed E-state index contributed by atoms with van der Waals surface area (Å²) >= 11 is 6.46. The van der Waals surface area contributed by atoms with E-state index in [-0.39, 0.29) is 5.78 Å². The number of ketones is 1. The third kappa shape index (κ3) is 3.51. The number of halogens is 3. The van der Waals surface area contributed by atoms with E-state index in [1.165, 1.54) is 0 Å². The molecule has 4 heteroatoms. The van der Waals surface area contributed by atoms with Gasteiger partial charge in [0.25, 0.3) is 0 Å². The van der Waals surface area contributed by atoms with Crippen LogP contribution in [-0.2, 0) is 0 Å². The Kier molecular flexibility index (Phi) is 4.88. The van der Waals surface area contributed by atoms with Crippen LogP contribution in [0.15, 0.2) is 59.1 Å². The van der Waals surface area contributed by atoms with Gasteiger partial charge in [-0.1, -0.05) is 74.3 Å². The van der Waals surface area contributed by atoms with Crippen LogP contribution in [0.4, 0.5) is 4.39 Å². The minimum atomic E-state index is -1.36. The quantitative estimate of drug-likeness (QED) is 0.528. The second kappa shape index (κ2) is 6.44. The lowest BCUT2D eigenvalue weighted by molar-refractivity contribution is 0.0960. The van der Waals surface area contributed by atoms with E-state index in [0.717, 1.165) is 4.47 Å². The average molecular weight is 386 g/mol. The zero-order valence-corrected chi connectivity index (χ0v) is 13.1. The van der Waals surface area contributed by atoms with Crippen LogP contribution in [0.1, 0.15) is 22.1 Å². The Hall–Kier alpha value is -1.00. The summed E-state index contributed by atoms with van der Waals surface area (Å²) in [7, 11) is 0. The van der Waals surface area contributed by atoms with Gasteiger partial charge in [0.15, 0.2) is 5.78 Å². The van der Waals surface area contributed by atoms with Gasteiger partial charge in [0.1, 0.15) is 11.0 Å². The fourth-order valence-electron chi connectivity index (χ4n) is 1.71. The molecule has 0 spiro atoms. The fraction of sp³-hybridized carbons (Fsp3) is 0.133. The van der Waals surface area contributed by atoms with Crippen molar-refractivity contribution in [3.8, 4) is 0 Å². The predicted molar refractivity (Wildman–Crippen MR) is 81.5 cm³/mol. The smallest absolute Gasteiger partial charge is 0.179 e. The van der Waals surface area contributed by atoms with Gasteiger partial charge in [-0.2, -0.15) is 0 Å². The summed E-state index contributed by atoms with van der Waals surface area (Å²) < 4.78 is 15.2. The Morgan fingerprint density at radius 1 is 1.00 bits per heavy atom. The largest absolute Gasteiger partial charge is 0.293 e. The summed E-state index contributed by atoms with van der Waals surface area (Å²) in [6.07, 6.45) is -1.36. The van der Waals surface area contributed by atoms with Gasteiger partial charge in [-0.05, 0) is 17.7 Å². The maximum Gasteiger partial charge on any atom is 0.179 e. The van der Waals surface area contributed by atoms with Crippen LogP contribution in [0.5, 0.6) is 0 Å². The number of hydrogen-bond acceptors (Lipinski definition) is 1. The number of hydrogen-bond donors (Lipinski definition) is 0. The molecule has 0 bridgehead atoms. The molecule has 0 aromatic heterocycles. The van der Waals surface area contributed by atoms with Crippen molar-refractivity contribution in [3.63, 3.8) is 0 Å². The average Bonchev–Trinajstić information content (AvgIpc) is 2.46. The van der Waals surface area contributed by atoms with Crippen molar-refractivity contribution < 1.29 is 9.18 Å². The second-order valence-electron chi connectivity index (χ2n) is 4.09. The molecule has 2 unspecified atom stereocenters. The van der Waals surface area contributed by atoms with Crippen molar-refractivity contribution in [1.29, 1.82) is 0 Å². The van der Waals surface area contributed by atoms with Gasteiger partial charge in [0, 0.05) is 10.0 Å². The van der Waals surface area contributed by atoms with E-state index in [1.54, 1.807) is 48.5 Å². The molecule has 0 radical (unpaired) electrons. The predicted octanol–water partition coefficient (Wildman–Crippen LogP) is 5.11. The molecule has 19 heavy (non-hydrogen) atoms. The van der Waals surface area contributed by atoms with Gasteiger partial charge in [0.2, 0.25) is 0 Å². The highest BCUT2D eigenvalue weighted by atomic mass is 79.9. The fourth-order valence-corrected chi connectivity index (χ4v) is 2.55. The Morgan fingerprint density at radius 3 is 2.16 bits per heavy atom. The Labute approximate surface area is 128 Å². The van der Waals surface area contributed by atoms with E-state index < -0.39 is 11.0 Å².